The van der Waals surface area contributed by atoms with Crippen molar-refractivity contribution < 1.29 is 14.7 Å². The summed E-state index contributed by atoms with van der Waals surface area (Å²) in [5.41, 5.74) is 0.877. The number of aryl methyl sites for hydroxylation is 1. The Balaban J connectivity index is 1.96. The fourth-order valence-corrected chi connectivity index (χ4v) is 3.14. The smallest absolute Gasteiger partial charge is 0.305 e. The number of benzene rings is 1. The zero-order chi connectivity index (χ0) is 18.0. The predicted octanol–water partition coefficient (Wildman–Crippen LogP) is 1.67. The number of nitrogens with zero attached hydrogens (tertiary/aromatic N) is 3. The molecule has 1 N–H and O–H groups in total. The molecule has 1 aliphatic rings. The zero-order valence-electron chi connectivity index (χ0n) is 14.2. The van der Waals surface area contributed by atoms with Crippen molar-refractivity contribution in [3.05, 3.63) is 39.9 Å². The Bertz CT molecular complexity index is 888. The molecule has 7 nitrogen and oxygen atoms in total. The fourth-order valence-electron chi connectivity index (χ4n) is 3.14. The van der Waals surface area contributed by atoms with Gasteiger partial charge in [0.25, 0.3) is 11.5 Å². The van der Waals surface area contributed by atoms with Gasteiger partial charge in [-0.3, -0.25) is 19.0 Å². The molecule has 1 aromatic carbocycles. The lowest BCUT2D eigenvalue weighted by Gasteiger charge is -2.16. The van der Waals surface area contributed by atoms with E-state index >= 15 is 0 Å². The molecule has 0 aliphatic carbocycles. The number of carbonyl (C=O) groups excluding carboxylic acids is 1. The summed E-state index contributed by atoms with van der Waals surface area (Å²) in [6.07, 6.45) is 3.72. The van der Waals surface area contributed by atoms with Gasteiger partial charge in [0.1, 0.15) is 5.82 Å². The molecule has 1 aromatic heterocycles. The van der Waals surface area contributed by atoms with Crippen molar-refractivity contribution in [2.45, 2.75) is 38.6 Å². The van der Waals surface area contributed by atoms with E-state index in [4.69, 9.17) is 5.11 Å². The number of fused-ring (bicyclic) bond motifs is 2. The summed E-state index contributed by atoms with van der Waals surface area (Å²) in [5.74, 6) is -0.450. The summed E-state index contributed by atoms with van der Waals surface area (Å²) in [6, 6.07) is 4.87. The average molecular weight is 343 g/mol. The molecule has 0 spiro atoms. The van der Waals surface area contributed by atoms with Gasteiger partial charge in [-0.2, -0.15) is 0 Å². The Hall–Kier alpha value is -2.70. The molecule has 0 radical (unpaired) electrons. The van der Waals surface area contributed by atoms with Crippen molar-refractivity contribution in [3.8, 4) is 0 Å². The molecule has 132 valence electrons. The molecule has 0 saturated carbocycles. The van der Waals surface area contributed by atoms with Crippen LogP contribution in [0.1, 0.15) is 41.9 Å². The maximum absolute atomic E-state index is 12.7. The van der Waals surface area contributed by atoms with Gasteiger partial charge in [-0.15, -0.1) is 0 Å². The van der Waals surface area contributed by atoms with Gasteiger partial charge >= 0.3 is 5.97 Å². The highest BCUT2D eigenvalue weighted by Crippen LogP contribution is 2.17. The molecule has 2 heterocycles. The Morgan fingerprint density at radius 1 is 1.28 bits per heavy atom. The van der Waals surface area contributed by atoms with E-state index in [1.54, 1.807) is 29.8 Å². The molecule has 7 heteroatoms. The lowest BCUT2D eigenvalue weighted by molar-refractivity contribution is -0.137. The van der Waals surface area contributed by atoms with Crippen LogP contribution < -0.4 is 5.56 Å². The van der Waals surface area contributed by atoms with Crippen molar-refractivity contribution in [2.24, 2.45) is 0 Å². The highest BCUT2D eigenvalue weighted by molar-refractivity contribution is 5.97. The first-order chi connectivity index (χ1) is 12.0. The molecule has 0 bridgehead atoms. The SMILES string of the molecule is CN(CCC(=O)O)C(=O)c1ccc2c(=O)n3c(nc2c1)CCCCC3. The van der Waals surface area contributed by atoms with E-state index in [0.717, 1.165) is 31.5 Å². The van der Waals surface area contributed by atoms with E-state index in [9.17, 15) is 14.4 Å². The molecule has 0 atom stereocenters. The quantitative estimate of drug-likeness (QED) is 0.911. The molecule has 1 aliphatic heterocycles. The minimum Gasteiger partial charge on any atom is -0.481 e. The van der Waals surface area contributed by atoms with Crippen LogP contribution in [0.3, 0.4) is 0 Å². The van der Waals surface area contributed by atoms with Crippen LogP contribution in [0.2, 0.25) is 0 Å². The number of carboxylic acid groups (broad SMARTS) is 1. The van der Waals surface area contributed by atoms with E-state index in [1.165, 1.54) is 4.90 Å². The second-order valence-corrected chi connectivity index (χ2v) is 6.40. The van der Waals surface area contributed by atoms with Crippen LogP contribution in [0.15, 0.2) is 23.0 Å². The number of amides is 1. The van der Waals surface area contributed by atoms with E-state index < -0.39 is 5.97 Å². The van der Waals surface area contributed by atoms with Gasteiger partial charge in [-0.25, -0.2) is 4.98 Å². The van der Waals surface area contributed by atoms with Crippen LogP contribution in [0.5, 0.6) is 0 Å². The number of aliphatic carboxylic acids is 1. The summed E-state index contributed by atoms with van der Waals surface area (Å²) >= 11 is 0. The van der Waals surface area contributed by atoms with Gasteiger partial charge in [-0.1, -0.05) is 6.42 Å². The Morgan fingerprint density at radius 2 is 2.08 bits per heavy atom. The lowest BCUT2D eigenvalue weighted by atomic mass is 10.1. The van der Waals surface area contributed by atoms with Crippen LogP contribution in [0.4, 0.5) is 0 Å². The third-order valence-electron chi connectivity index (χ3n) is 4.57. The number of carboxylic acids is 1. The maximum atomic E-state index is 12.7. The molecule has 0 fully saturated rings. The van der Waals surface area contributed by atoms with E-state index in [1.807, 2.05) is 0 Å². The third kappa shape index (κ3) is 3.55. The molecule has 1 amide bonds. The monoisotopic (exact) mass is 343 g/mol. The summed E-state index contributed by atoms with van der Waals surface area (Å²) in [4.78, 5) is 41.8. The van der Waals surface area contributed by atoms with Gasteiger partial charge in [0.2, 0.25) is 0 Å². The van der Waals surface area contributed by atoms with Crippen molar-refractivity contribution in [1.82, 2.24) is 14.5 Å². The number of carbonyl (C=O) groups is 2. The third-order valence-corrected chi connectivity index (χ3v) is 4.57. The van der Waals surface area contributed by atoms with Crippen LogP contribution in [-0.2, 0) is 17.8 Å². The minimum atomic E-state index is -0.949. The molecule has 0 unspecified atom stereocenters. The predicted molar refractivity (Wildman–Crippen MR) is 92.8 cm³/mol. The van der Waals surface area contributed by atoms with Gasteiger partial charge in [0.15, 0.2) is 0 Å². The minimum absolute atomic E-state index is 0.0554. The summed E-state index contributed by atoms with van der Waals surface area (Å²) < 4.78 is 1.75. The van der Waals surface area contributed by atoms with Gasteiger partial charge < -0.3 is 10.0 Å². The number of aromatic nitrogens is 2. The first-order valence-corrected chi connectivity index (χ1v) is 8.48. The van der Waals surface area contributed by atoms with E-state index in [0.29, 0.717) is 23.0 Å². The molecular weight excluding hydrogens is 322 g/mol. The first kappa shape index (κ1) is 17.1. The zero-order valence-corrected chi connectivity index (χ0v) is 14.2. The van der Waals surface area contributed by atoms with E-state index in [-0.39, 0.29) is 24.4 Å². The van der Waals surface area contributed by atoms with Crippen molar-refractivity contribution in [2.75, 3.05) is 13.6 Å². The fraction of sp³-hybridized carbons (Fsp3) is 0.444. The molecule has 25 heavy (non-hydrogen) atoms. The summed E-state index contributed by atoms with van der Waals surface area (Å²) in [5, 5.41) is 9.25. The average Bonchev–Trinajstić information content (AvgIpc) is 2.84. The number of hydrogen-bond acceptors (Lipinski definition) is 4. The standard InChI is InChI=1S/C18H21N3O4/c1-20(10-8-16(22)23)17(24)12-6-7-13-14(11-12)19-15-5-3-2-4-9-21(15)18(13)25/h6-7,11H,2-5,8-10H2,1H3,(H,22,23). The Kier molecular flexibility index (Phi) is 4.83. The van der Waals surface area contributed by atoms with Gasteiger partial charge in [0, 0.05) is 32.1 Å². The van der Waals surface area contributed by atoms with Crippen molar-refractivity contribution in [3.63, 3.8) is 0 Å². The second kappa shape index (κ2) is 7.04. The first-order valence-electron chi connectivity index (χ1n) is 8.48. The lowest BCUT2D eigenvalue weighted by Crippen LogP contribution is -2.29. The molecular formula is C18H21N3O4. The highest BCUT2D eigenvalue weighted by atomic mass is 16.4. The van der Waals surface area contributed by atoms with E-state index in [2.05, 4.69) is 4.98 Å². The normalized spacial score (nSPS) is 14.0. The molecule has 2 aromatic rings. The number of rotatable bonds is 4. The van der Waals surface area contributed by atoms with Crippen LogP contribution in [-0.4, -0.2) is 45.0 Å². The maximum Gasteiger partial charge on any atom is 0.305 e. The van der Waals surface area contributed by atoms with Crippen LogP contribution in [0.25, 0.3) is 10.9 Å². The summed E-state index contributed by atoms with van der Waals surface area (Å²) in [7, 11) is 1.56. The Labute approximate surface area is 144 Å². The summed E-state index contributed by atoms with van der Waals surface area (Å²) in [6.45, 7) is 0.822. The second-order valence-electron chi connectivity index (χ2n) is 6.40. The Morgan fingerprint density at radius 3 is 2.84 bits per heavy atom. The van der Waals surface area contributed by atoms with Crippen molar-refractivity contribution in [1.29, 1.82) is 0 Å². The van der Waals surface area contributed by atoms with Gasteiger partial charge in [-0.05, 0) is 31.0 Å². The molecule has 3 rings (SSSR count). The van der Waals surface area contributed by atoms with Gasteiger partial charge in [0.05, 0.1) is 17.3 Å². The van der Waals surface area contributed by atoms with Crippen LogP contribution >= 0.6 is 0 Å². The molecule has 0 saturated heterocycles. The topological polar surface area (TPSA) is 92.5 Å². The van der Waals surface area contributed by atoms with Crippen molar-refractivity contribution >= 4 is 22.8 Å². The largest absolute Gasteiger partial charge is 0.481 e. The van der Waals surface area contributed by atoms with Crippen LogP contribution in [0, 0.1) is 0 Å². The number of hydrogen-bond donors (Lipinski definition) is 1. The highest BCUT2D eigenvalue weighted by Gasteiger charge is 2.17.